The lowest BCUT2D eigenvalue weighted by atomic mass is 10.2. The fourth-order valence-corrected chi connectivity index (χ4v) is 3.12. The summed E-state index contributed by atoms with van der Waals surface area (Å²) in [5.41, 5.74) is -0.858. The molecule has 2 N–H and O–H groups in total. The molecule has 164 valence electrons. The number of nitrogens with zero attached hydrogens (tertiary/aromatic N) is 3. The third kappa shape index (κ3) is 5.10. The molecule has 0 aliphatic rings. The number of hydrogen-bond acceptors (Lipinski definition) is 6. The normalized spacial score (nSPS) is 10.5. The Morgan fingerprint density at radius 1 is 1.16 bits per heavy atom. The van der Waals surface area contributed by atoms with Gasteiger partial charge in [0.15, 0.2) is 5.69 Å². The summed E-state index contributed by atoms with van der Waals surface area (Å²) >= 11 is 11.8. The molecule has 10 nitrogen and oxygen atoms in total. The van der Waals surface area contributed by atoms with Crippen LogP contribution in [-0.2, 0) is 4.79 Å². The number of aromatic nitrogens is 2. The molecule has 0 saturated carbocycles. The quantitative estimate of drug-likeness (QED) is 0.415. The molecule has 0 aliphatic carbocycles. The molecule has 0 radical (unpaired) electrons. The molecule has 1 aromatic heterocycles. The maximum absolute atomic E-state index is 12.5. The van der Waals surface area contributed by atoms with Gasteiger partial charge in [-0.25, -0.2) is 4.68 Å². The third-order valence-electron chi connectivity index (χ3n) is 4.24. The molecule has 0 atom stereocenters. The molecular weight excluding hydrogens is 461 g/mol. The van der Waals surface area contributed by atoms with Crippen LogP contribution in [0.2, 0.25) is 10.0 Å². The molecule has 0 aliphatic heterocycles. The highest BCUT2D eigenvalue weighted by Gasteiger charge is 2.20. The van der Waals surface area contributed by atoms with Crippen LogP contribution < -0.4 is 16.1 Å². The monoisotopic (exact) mass is 475 g/mol. The SMILES string of the molecule is Cc1cc(=O)c(C(=O)NCC(=O)Nc2cc(Cl)ccc2Cl)nn1-c1ccccc1[N+](=O)[O-]. The maximum Gasteiger partial charge on any atom is 0.294 e. The maximum atomic E-state index is 12.5. The lowest BCUT2D eigenvalue weighted by molar-refractivity contribution is -0.384. The topological polar surface area (TPSA) is 136 Å². The van der Waals surface area contributed by atoms with Crippen LogP contribution in [0.25, 0.3) is 5.69 Å². The Morgan fingerprint density at radius 2 is 1.88 bits per heavy atom. The van der Waals surface area contributed by atoms with Crippen molar-refractivity contribution < 1.29 is 14.5 Å². The average Bonchev–Trinajstić information content (AvgIpc) is 2.74. The summed E-state index contributed by atoms with van der Waals surface area (Å²) in [6.45, 7) is 1.04. The highest BCUT2D eigenvalue weighted by Crippen LogP contribution is 2.25. The Hall–Kier alpha value is -3.76. The molecule has 3 rings (SSSR count). The van der Waals surface area contributed by atoms with Gasteiger partial charge in [-0.3, -0.25) is 24.5 Å². The van der Waals surface area contributed by atoms with Crippen molar-refractivity contribution in [3.63, 3.8) is 0 Å². The Bertz CT molecular complexity index is 1290. The van der Waals surface area contributed by atoms with Gasteiger partial charge in [0.2, 0.25) is 11.3 Å². The van der Waals surface area contributed by atoms with E-state index in [1.165, 1.54) is 37.3 Å². The number of nitro groups is 1. The first kappa shape index (κ1) is 22.9. The number of para-hydroxylation sites is 2. The highest BCUT2D eigenvalue weighted by atomic mass is 35.5. The van der Waals surface area contributed by atoms with Crippen molar-refractivity contribution in [2.24, 2.45) is 0 Å². The van der Waals surface area contributed by atoms with Crippen LogP contribution in [0.5, 0.6) is 0 Å². The van der Waals surface area contributed by atoms with Crippen LogP contribution in [0, 0.1) is 17.0 Å². The minimum atomic E-state index is -0.922. The number of carbonyl (C=O) groups excluding carboxylic acids is 2. The van der Waals surface area contributed by atoms with Crippen molar-refractivity contribution in [3.8, 4) is 5.69 Å². The number of benzene rings is 2. The molecular formula is C20H15Cl2N5O5. The third-order valence-corrected chi connectivity index (χ3v) is 4.81. The molecule has 0 saturated heterocycles. The van der Waals surface area contributed by atoms with E-state index in [4.69, 9.17) is 23.2 Å². The zero-order valence-electron chi connectivity index (χ0n) is 16.5. The fraction of sp³-hybridized carbons (Fsp3) is 0.100. The first-order valence-corrected chi connectivity index (χ1v) is 9.81. The number of anilines is 1. The number of carbonyl (C=O) groups is 2. The van der Waals surface area contributed by atoms with E-state index in [1.807, 2.05) is 0 Å². The summed E-state index contributed by atoms with van der Waals surface area (Å²) in [6, 6.07) is 11.4. The van der Waals surface area contributed by atoms with E-state index in [-0.39, 0.29) is 27.8 Å². The number of nitro benzene ring substituents is 1. The van der Waals surface area contributed by atoms with Crippen molar-refractivity contribution in [2.75, 3.05) is 11.9 Å². The number of nitrogens with one attached hydrogen (secondary N) is 2. The molecule has 32 heavy (non-hydrogen) atoms. The first-order chi connectivity index (χ1) is 15.2. The van der Waals surface area contributed by atoms with Crippen LogP contribution in [0.1, 0.15) is 16.2 Å². The highest BCUT2D eigenvalue weighted by molar-refractivity contribution is 6.35. The minimum absolute atomic E-state index is 0.0809. The molecule has 3 aromatic rings. The van der Waals surface area contributed by atoms with Crippen molar-refractivity contribution in [2.45, 2.75) is 6.92 Å². The predicted molar refractivity (Wildman–Crippen MR) is 119 cm³/mol. The molecule has 0 unspecified atom stereocenters. The van der Waals surface area contributed by atoms with E-state index in [1.54, 1.807) is 12.1 Å². The Morgan fingerprint density at radius 3 is 2.59 bits per heavy atom. The van der Waals surface area contributed by atoms with Gasteiger partial charge in [-0.1, -0.05) is 35.3 Å². The minimum Gasteiger partial charge on any atom is -0.341 e. The molecule has 2 aromatic carbocycles. The van der Waals surface area contributed by atoms with Gasteiger partial charge >= 0.3 is 0 Å². The summed E-state index contributed by atoms with van der Waals surface area (Å²) < 4.78 is 1.13. The van der Waals surface area contributed by atoms with Crippen molar-refractivity contribution in [1.29, 1.82) is 0 Å². The Labute approximate surface area is 190 Å². The summed E-state index contributed by atoms with van der Waals surface area (Å²) in [5.74, 6) is -1.54. The molecule has 0 bridgehead atoms. The zero-order valence-corrected chi connectivity index (χ0v) is 18.0. The summed E-state index contributed by atoms with van der Waals surface area (Å²) in [4.78, 5) is 47.7. The van der Waals surface area contributed by atoms with E-state index in [0.29, 0.717) is 5.02 Å². The Balaban J connectivity index is 1.81. The first-order valence-electron chi connectivity index (χ1n) is 9.05. The lowest BCUT2D eigenvalue weighted by Gasteiger charge is -2.12. The molecule has 2 amide bonds. The number of hydrogen-bond donors (Lipinski definition) is 2. The molecule has 12 heteroatoms. The van der Waals surface area contributed by atoms with Gasteiger partial charge in [-0.2, -0.15) is 5.10 Å². The summed E-state index contributed by atoms with van der Waals surface area (Å²) in [7, 11) is 0. The number of halogens is 2. The van der Waals surface area contributed by atoms with Crippen LogP contribution in [0.15, 0.2) is 53.3 Å². The fourth-order valence-electron chi connectivity index (χ4n) is 2.78. The van der Waals surface area contributed by atoms with Gasteiger partial charge in [0.05, 0.1) is 22.2 Å². The molecule has 1 heterocycles. The predicted octanol–water partition coefficient (Wildman–Crippen LogP) is 3.12. The lowest BCUT2D eigenvalue weighted by Crippen LogP contribution is -2.37. The van der Waals surface area contributed by atoms with Gasteiger partial charge in [-0.05, 0) is 31.2 Å². The molecule has 0 fully saturated rings. The summed E-state index contributed by atoms with van der Waals surface area (Å²) in [5, 5.41) is 20.7. The smallest absolute Gasteiger partial charge is 0.294 e. The second-order valence-electron chi connectivity index (χ2n) is 6.51. The van der Waals surface area contributed by atoms with E-state index in [2.05, 4.69) is 15.7 Å². The van der Waals surface area contributed by atoms with E-state index >= 15 is 0 Å². The van der Waals surface area contributed by atoms with Crippen LogP contribution >= 0.6 is 23.2 Å². The largest absolute Gasteiger partial charge is 0.341 e. The van der Waals surface area contributed by atoms with Gasteiger partial charge in [0.1, 0.15) is 5.69 Å². The second kappa shape index (κ2) is 9.58. The van der Waals surface area contributed by atoms with Crippen molar-refractivity contribution in [1.82, 2.24) is 15.1 Å². The average molecular weight is 476 g/mol. The standard InChI is InChI=1S/C20H15Cl2N5O5/c1-11-8-17(28)19(25-26(11)15-4-2-3-5-16(15)27(31)32)20(30)23-10-18(29)24-14-9-12(21)6-7-13(14)22/h2-9H,10H2,1H3,(H,23,30)(H,24,29). The van der Waals surface area contributed by atoms with E-state index in [9.17, 15) is 24.5 Å². The van der Waals surface area contributed by atoms with Gasteiger partial charge in [0, 0.05) is 22.8 Å². The summed E-state index contributed by atoms with van der Waals surface area (Å²) in [6.07, 6.45) is 0. The number of amides is 2. The van der Waals surface area contributed by atoms with Gasteiger partial charge < -0.3 is 10.6 Å². The van der Waals surface area contributed by atoms with Crippen molar-refractivity contribution in [3.05, 3.63) is 90.3 Å². The van der Waals surface area contributed by atoms with Gasteiger partial charge in [0.25, 0.3) is 11.6 Å². The van der Waals surface area contributed by atoms with Crippen LogP contribution in [0.4, 0.5) is 11.4 Å². The zero-order chi connectivity index (χ0) is 23.4. The second-order valence-corrected chi connectivity index (χ2v) is 7.35. The van der Waals surface area contributed by atoms with Crippen molar-refractivity contribution >= 4 is 46.4 Å². The van der Waals surface area contributed by atoms with Gasteiger partial charge in [-0.15, -0.1) is 0 Å². The molecule has 0 spiro atoms. The van der Waals surface area contributed by atoms with E-state index in [0.717, 1.165) is 10.7 Å². The Kier molecular flexibility index (Phi) is 6.86. The number of aryl methyl sites for hydroxylation is 1. The number of rotatable bonds is 6. The van der Waals surface area contributed by atoms with Crippen LogP contribution in [-0.4, -0.2) is 33.1 Å². The van der Waals surface area contributed by atoms with Crippen LogP contribution in [0.3, 0.4) is 0 Å². The van der Waals surface area contributed by atoms with E-state index < -0.39 is 34.4 Å².